The van der Waals surface area contributed by atoms with E-state index in [4.69, 9.17) is 10.2 Å². The number of hydrogen-bond acceptors (Lipinski definition) is 3. The Balaban J connectivity index is 2.64. The average Bonchev–Trinajstić information content (AvgIpc) is 2.31. The predicted octanol–water partition coefficient (Wildman–Crippen LogP) is -0.0647. The highest BCUT2D eigenvalue weighted by molar-refractivity contribution is 4.94. The number of hydrogen-bond donors (Lipinski definition) is 2. The maximum Gasteiger partial charge on any atom is 0.418 e. The molecule has 1 heterocycles. The molecule has 0 amide bonds. The van der Waals surface area contributed by atoms with Gasteiger partial charge in [-0.05, 0) is 6.42 Å². The van der Waals surface area contributed by atoms with Gasteiger partial charge in [0.15, 0.2) is 5.60 Å². The quantitative estimate of drug-likeness (QED) is 0.601. The molecule has 1 aliphatic rings. The zero-order valence-electron chi connectivity index (χ0n) is 6.30. The first-order valence-electron chi connectivity index (χ1n) is 3.51. The summed E-state index contributed by atoms with van der Waals surface area (Å²) >= 11 is 0. The van der Waals surface area contributed by atoms with Crippen LogP contribution < -0.4 is 0 Å². The van der Waals surface area contributed by atoms with Gasteiger partial charge in [0, 0.05) is 13.1 Å². The molecule has 3 nitrogen and oxygen atoms in total. The van der Waals surface area contributed by atoms with Crippen molar-refractivity contribution in [1.82, 2.24) is 4.90 Å². The second-order valence-corrected chi connectivity index (χ2v) is 2.97. The van der Waals surface area contributed by atoms with Crippen molar-refractivity contribution in [2.24, 2.45) is 0 Å². The third-order valence-corrected chi connectivity index (χ3v) is 2.05. The van der Waals surface area contributed by atoms with Crippen molar-refractivity contribution in [1.29, 1.82) is 0 Å². The summed E-state index contributed by atoms with van der Waals surface area (Å²) in [5.74, 6) is 0. The minimum absolute atomic E-state index is 0.0759. The molecule has 0 aromatic rings. The number of halogens is 3. The topological polar surface area (TPSA) is 43.7 Å². The largest absolute Gasteiger partial charge is 0.418 e. The van der Waals surface area contributed by atoms with Crippen LogP contribution in [0.5, 0.6) is 0 Å². The fourth-order valence-electron chi connectivity index (χ4n) is 1.22. The van der Waals surface area contributed by atoms with Gasteiger partial charge in [0.1, 0.15) is 0 Å². The van der Waals surface area contributed by atoms with Gasteiger partial charge in [-0.3, -0.25) is 4.90 Å². The zero-order chi connectivity index (χ0) is 9.41. The summed E-state index contributed by atoms with van der Waals surface area (Å²) in [7, 11) is 0. The van der Waals surface area contributed by atoms with Crippen LogP contribution in [0.15, 0.2) is 0 Å². The van der Waals surface area contributed by atoms with E-state index in [1.165, 1.54) is 0 Å². The number of aliphatic hydroxyl groups excluding tert-OH is 1. The Bertz CT molecular complexity index is 173. The van der Waals surface area contributed by atoms with Crippen LogP contribution in [0.25, 0.3) is 0 Å². The smallest absolute Gasteiger partial charge is 0.381 e. The highest BCUT2D eigenvalue weighted by atomic mass is 19.4. The van der Waals surface area contributed by atoms with E-state index < -0.39 is 25.1 Å². The molecule has 0 aliphatic carbocycles. The highest BCUT2D eigenvalue weighted by Crippen LogP contribution is 2.37. The van der Waals surface area contributed by atoms with Crippen LogP contribution in [-0.4, -0.2) is 46.7 Å². The van der Waals surface area contributed by atoms with E-state index in [9.17, 15) is 13.2 Å². The molecule has 0 spiro atoms. The minimum Gasteiger partial charge on any atom is -0.381 e. The van der Waals surface area contributed by atoms with Gasteiger partial charge >= 0.3 is 6.18 Å². The molecule has 1 rings (SSSR count). The highest BCUT2D eigenvalue weighted by Gasteiger charge is 2.56. The zero-order valence-corrected chi connectivity index (χ0v) is 6.30. The molecular weight excluding hydrogens is 175 g/mol. The van der Waals surface area contributed by atoms with Gasteiger partial charge in [0.25, 0.3) is 0 Å². The summed E-state index contributed by atoms with van der Waals surface area (Å²) in [4.78, 5) is 1.15. The molecule has 1 fully saturated rings. The van der Waals surface area contributed by atoms with Crippen molar-refractivity contribution in [2.45, 2.75) is 18.2 Å². The van der Waals surface area contributed by atoms with Crippen molar-refractivity contribution in [2.75, 3.05) is 19.8 Å². The summed E-state index contributed by atoms with van der Waals surface area (Å²) in [6, 6.07) is 0. The van der Waals surface area contributed by atoms with Gasteiger partial charge in [-0.15, -0.1) is 0 Å². The maximum absolute atomic E-state index is 12.1. The molecule has 1 unspecified atom stereocenters. The SMILES string of the molecule is OCN1CCC(O)(C(F)(F)F)C1. The van der Waals surface area contributed by atoms with Gasteiger partial charge in [-0.2, -0.15) is 13.2 Å². The average molecular weight is 185 g/mol. The van der Waals surface area contributed by atoms with Crippen LogP contribution in [0.4, 0.5) is 13.2 Å². The molecule has 0 saturated carbocycles. The minimum atomic E-state index is -4.60. The Morgan fingerprint density at radius 3 is 2.25 bits per heavy atom. The van der Waals surface area contributed by atoms with Gasteiger partial charge in [0.2, 0.25) is 0 Å². The maximum atomic E-state index is 12.1. The Kier molecular flexibility index (Phi) is 2.33. The van der Waals surface area contributed by atoms with Crippen LogP contribution in [0, 0.1) is 0 Å². The van der Waals surface area contributed by atoms with E-state index in [0.29, 0.717) is 0 Å². The molecular formula is C6H10F3NO2. The monoisotopic (exact) mass is 185 g/mol. The lowest BCUT2D eigenvalue weighted by atomic mass is 10.0. The van der Waals surface area contributed by atoms with E-state index in [1.54, 1.807) is 0 Å². The number of rotatable bonds is 1. The second-order valence-electron chi connectivity index (χ2n) is 2.97. The molecule has 0 aromatic heterocycles. The predicted molar refractivity (Wildman–Crippen MR) is 34.3 cm³/mol. The number of likely N-dealkylation sites (tertiary alicyclic amines) is 1. The summed E-state index contributed by atoms with van der Waals surface area (Å²) in [6.45, 7) is -0.905. The number of alkyl halides is 3. The van der Waals surface area contributed by atoms with Crippen LogP contribution >= 0.6 is 0 Å². The molecule has 1 aliphatic heterocycles. The van der Waals surface area contributed by atoms with E-state index in [2.05, 4.69) is 0 Å². The molecule has 0 bridgehead atoms. The Morgan fingerprint density at radius 1 is 1.42 bits per heavy atom. The summed E-state index contributed by atoms with van der Waals surface area (Å²) in [6.07, 6.45) is -4.96. The lowest BCUT2D eigenvalue weighted by molar-refractivity contribution is -0.254. The molecule has 1 atom stereocenters. The van der Waals surface area contributed by atoms with E-state index in [0.717, 1.165) is 4.90 Å². The van der Waals surface area contributed by atoms with Crippen LogP contribution in [0.1, 0.15) is 6.42 Å². The fourth-order valence-corrected chi connectivity index (χ4v) is 1.22. The third kappa shape index (κ3) is 1.55. The third-order valence-electron chi connectivity index (χ3n) is 2.05. The van der Waals surface area contributed by atoms with Crippen molar-refractivity contribution in [3.8, 4) is 0 Å². The molecule has 0 aromatic carbocycles. The van der Waals surface area contributed by atoms with Crippen molar-refractivity contribution < 1.29 is 23.4 Å². The van der Waals surface area contributed by atoms with Gasteiger partial charge in [-0.1, -0.05) is 0 Å². The second kappa shape index (κ2) is 2.86. The first kappa shape index (κ1) is 9.76. The number of nitrogens with zero attached hydrogens (tertiary/aromatic N) is 1. The molecule has 0 radical (unpaired) electrons. The van der Waals surface area contributed by atoms with Gasteiger partial charge in [0.05, 0.1) is 6.73 Å². The van der Waals surface area contributed by atoms with E-state index in [1.807, 2.05) is 0 Å². The Hall–Kier alpha value is -0.330. The fraction of sp³-hybridized carbons (Fsp3) is 1.00. The molecule has 12 heavy (non-hydrogen) atoms. The van der Waals surface area contributed by atoms with Crippen LogP contribution in [0.2, 0.25) is 0 Å². The molecule has 1 saturated heterocycles. The lowest BCUT2D eigenvalue weighted by Gasteiger charge is -2.25. The van der Waals surface area contributed by atoms with Crippen molar-refractivity contribution in [3.05, 3.63) is 0 Å². The number of β-amino-alcohol motifs (C(OH)–C–C–N with tert-alkyl or cyclic N) is 1. The molecule has 6 heteroatoms. The number of aliphatic hydroxyl groups is 2. The van der Waals surface area contributed by atoms with Gasteiger partial charge < -0.3 is 10.2 Å². The van der Waals surface area contributed by atoms with E-state index in [-0.39, 0.29) is 13.0 Å². The normalized spacial score (nSPS) is 32.8. The Labute approximate surface area is 67.4 Å². The lowest BCUT2D eigenvalue weighted by Crippen LogP contribution is -2.47. The summed E-state index contributed by atoms with van der Waals surface area (Å²) < 4.78 is 36.3. The Morgan fingerprint density at radius 2 is 2.00 bits per heavy atom. The molecule has 2 N–H and O–H groups in total. The first-order chi connectivity index (χ1) is 5.39. The van der Waals surface area contributed by atoms with Crippen LogP contribution in [0.3, 0.4) is 0 Å². The standard InChI is InChI=1S/C6H10F3NO2/c7-6(8,9)5(12)1-2-10(3-5)4-11/h11-12H,1-4H2. The van der Waals surface area contributed by atoms with Crippen LogP contribution in [-0.2, 0) is 0 Å². The van der Waals surface area contributed by atoms with Crippen molar-refractivity contribution >= 4 is 0 Å². The summed E-state index contributed by atoms with van der Waals surface area (Å²) in [5, 5.41) is 17.6. The van der Waals surface area contributed by atoms with E-state index >= 15 is 0 Å². The van der Waals surface area contributed by atoms with Gasteiger partial charge in [-0.25, -0.2) is 0 Å². The summed E-state index contributed by atoms with van der Waals surface area (Å²) in [5.41, 5.74) is -2.63. The first-order valence-corrected chi connectivity index (χ1v) is 3.51. The van der Waals surface area contributed by atoms with Crippen molar-refractivity contribution in [3.63, 3.8) is 0 Å². The molecule has 72 valence electrons.